The van der Waals surface area contributed by atoms with Crippen molar-refractivity contribution in [3.05, 3.63) is 76.6 Å². The summed E-state index contributed by atoms with van der Waals surface area (Å²) < 4.78 is 0. The minimum absolute atomic E-state index is 0.237. The van der Waals surface area contributed by atoms with E-state index in [2.05, 4.69) is 10.3 Å². The molecule has 5 heteroatoms. The molecule has 0 unspecified atom stereocenters. The van der Waals surface area contributed by atoms with Crippen LogP contribution in [0, 0.1) is 0 Å². The molecule has 0 saturated heterocycles. The molecule has 0 bridgehead atoms. The van der Waals surface area contributed by atoms with Crippen molar-refractivity contribution in [3.8, 4) is 11.3 Å². The predicted octanol–water partition coefficient (Wildman–Crippen LogP) is 5.12. The van der Waals surface area contributed by atoms with Crippen LogP contribution in [0.5, 0.6) is 0 Å². The molecule has 3 aromatic rings. The third kappa shape index (κ3) is 4.06. The Balaban J connectivity index is 1.67. The summed E-state index contributed by atoms with van der Waals surface area (Å²) in [5, 5.41) is 5.86. The highest BCUT2D eigenvalue weighted by Gasteiger charge is 2.06. The first-order valence-corrected chi connectivity index (χ1v) is 8.23. The Hall–Kier alpha value is -2.43. The maximum Gasteiger partial charge on any atom is 0.250 e. The smallest absolute Gasteiger partial charge is 0.250 e. The highest BCUT2D eigenvalue weighted by atomic mass is 35.5. The molecular weight excluding hydrogens is 328 g/mol. The van der Waals surface area contributed by atoms with Crippen LogP contribution in [0.4, 0.5) is 5.13 Å². The summed E-state index contributed by atoms with van der Waals surface area (Å²) in [6.07, 6.45) is 3.13. The number of nitrogens with zero attached hydrogens (tertiary/aromatic N) is 1. The van der Waals surface area contributed by atoms with Gasteiger partial charge in [-0.25, -0.2) is 4.98 Å². The predicted molar refractivity (Wildman–Crippen MR) is 96.7 cm³/mol. The van der Waals surface area contributed by atoms with Gasteiger partial charge >= 0.3 is 0 Å². The Bertz CT molecular complexity index is 843. The van der Waals surface area contributed by atoms with E-state index in [-0.39, 0.29) is 5.91 Å². The van der Waals surface area contributed by atoms with Crippen LogP contribution in [0.25, 0.3) is 17.3 Å². The molecule has 3 nitrogen and oxygen atoms in total. The Morgan fingerprint density at radius 1 is 1.09 bits per heavy atom. The monoisotopic (exact) mass is 340 g/mol. The zero-order valence-electron chi connectivity index (χ0n) is 12.1. The number of hydrogen-bond donors (Lipinski definition) is 1. The van der Waals surface area contributed by atoms with Crippen molar-refractivity contribution in [2.24, 2.45) is 0 Å². The minimum atomic E-state index is -0.237. The molecule has 0 aliphatic heterocycles. The molecule has 0 atom stereocenters. The van der Waals surface area contributed by atoms with E-state index < -0.39 is 0 Å². The molecule has 3 rings (SSSR count). The molecule has 0 fully saturated rings. The first-order chi connectivity index (χ1) is 11.2. The van der Waals surface area contributed by atoms with E-state index in [1.807, 2.05) is 53.9 Å². The van der Waals surface area contributed by atoms with Gasteiger partial charge in [0.05, 0.1) is 5.69 Å². The molecule has 1 aromatic heterocycles. The molecule has 0 radical (unpaired) electrons. The van der Waals surface area contributed by atoms with Crippen LogP contribution < -0.4 is 5.32 Å². The van der Waals surface area contributed by atoms with Crippen molar-refractivity contribution in [2.45, 2.75) is 0 Å². The quantitative estimate of drug-likeness (QED) is 0.670. The lowest BCUT2D eigenvalue weighted by Gasteiger charge is -1.98. The van der Waals surface area contributed by atoms with E-state index in [9.17, 15) is 4.79 Å². The fraction of sp³-hybridized carbons (Fsp3) is 0. The highest BCUT2D eigenvalue weighted by molar-refractivity contribution is 7.14. The number of carbonyl (C=O) groups is 1. The van der Waals surface area contributed by atoms with Gasteiger partial charge in [-0.1, -0.05) is 60.1 Å². The largest absolute Gasteiger partial charge is 0.298 e. The molecule has 2 aromatic carbocycles. The lowest BCUT2D eigenvalue weighted by molar-refractivity contribution is -0.111. The normalized spacial score (nSPS) is 10.8. The van der Waals surface area contributed by atoms with Crippen LogP contribution in [0.3, 0.4) is 0 Å². The average molecular weight is 341 g/mol. The molecular formula is C18H13ClN2OS. The molecule has 23 heavy (non-hydrogen) atoms. The molecule has 0 saturated carbocycles. The van der Waals surface area contributed by atoms with Gasteiger partial charge in [-0.3, -0.25) is 10.1 Å². The van der Waals surface area contributed by atoms with Crippen molar-refractivity contribution in [1.82, 2.24) is 4.98 Å². The summed E-state index contributed by atoms with van der Waals surface area (Å²) in [7, 11) is 0. The van der Waals surface area contributed by atoms with E-state index in [1.165, 1.54) is 17.4 Å². The lowest BCUT2D eigenvalue weighted by Crippen LogP contribution is -2.07. The second-order valence-corrected chi connectivity index (χ2v) is 6.01. The van der Waals surface area contributed by atoms with Gasteiger partial charge < -0.3 is 0 Å². The van der Waals surface area contributed by atoms with Gasteiger partial charge in [0.1, 0.15) is 0 Å². The number of anilines is 1. The Kier molecular flexibility index (Phi) is 4.86. The van der Waals surface area contributed by atoms with Crippen LogP contribution in [0.15, 0.2) is 66.1 Å². The van der Waals surface area contributed by atoms with Crippen LogP contribution in [-0.4, -0.2) is 10.9 Å². The van der Waals surface area contributed by atoms with Crippen LogP contribution in [0.2, 0.25) is 5.02 Å². The topological polar surface area (TPSA) is 42.0 Å². The van der Waals surface area contributed by atoms with Crippen molar-refractivity contribution in [1.29, 1.82) is 0 Å². The van der Waals surface area contributed by atoms with Gasteiger partial charge in [0.15, 0.2) is 5.13 Å². The van der Waals surface area contributed by atoms with Crippen molar-refractivity contribution in [3.63, 3.8) is 0 Å². The molecule has 0 aliphatic rings. The Labute approximate surface area is 143 Å². The van der Waals surface area contributed by atoms with Gasteiger partial charge in [0, 0.05) is 22.0 Å². The zero-order valence-corrected chi connectivity index (χ0v) is 13.6. The summed E-state index contributed by atoms with van der Waals surface area (Å²) in [4.78, 5) is 16.4. The van der Waals surface area contributed by atoms with E-state index in [0.717, 1.165) is 16.8 Å². The number of hydrogen-bond acceptors (Lipinski definition) is 3. The van der Waals surface area contributed by atoms with Crippen molar-refractivity contribution in [2.75, 3.05) is 5.32 Å². The van der Waals surface area contributed by atoms with E-state index in [4.69, 9.17) is 11.6 Å². The third-order valence-corrected chi connectivity index (χ3v) is 4.23. The lowest BCUT2D eigenvalue weighted by atomic mass is 10.2. The molecule has 1 N–H and O–H groups in total. The summed E-state index contributed by atoms with van der Waals surface area (Å²) in [5.74, 6) is -0.237. The average Bonchev–Trinajstić information content (AvgIpc) is 3.03. The molecule has 114 valence electrons. The van der Waals surface area contributed by atoms with Crippen LogP contribution in [-0.2, 0) is 4.79 Å². The van der Waals surface area contributed by atoms with E-state index in [1.54, 1.807) is 12.1 Å². The summed E-state index contributed by atoms with van der Waals surface area (Å²) in [6.45, 7) is 0. The standard InChI is InChI=1S/C18H13ClN2OS/c19-15-9-5-4-6-13(15)10-11-17(22)21-18-20-16(12-23-18)14-7-2-1-3-8-14/h1-12H,(H,20,21,22). The van der Waals surface area contributed by atoms with E-state index in [0.29, 0.717) is 10.2 Å². The number of nitrogens with one attached hydrogen (secondary N) is 1. The number of halogens is 1. The van der Waals surface area contributed by atoms with Gasteiger partial charge in [-0.05, 0) is 17.7 Å². The number of carbonyl (C=O) groups excluding carboxylic acids is 1. The fourth-order valence-corrected chi connectivity index (χ4v) is 2.92. The van der Waals surface area contributed by atoms with Crippen LogP contribution in [0.1, 0.15) is 5.56 Å². The number of aromatic nitrogens is 1. The van der Waals surface area contributed by atoms with Gasteiger partial charge in [0.2, 0.25) is 5.91 Å². The number of rotatable bonds is 4. The van der Waals surface area contributed by atoms with E-state index >= 15 is 0 Å². The fourth-order valence-electron chi connectivity index (χ4n) is 2.00. The first-order valence-electron chi connectivity index (χ1n) is 6.97. The Morgan fingerprint density at radius 3 is 2.61 bits per heavy atom. The van der Waals surface area contributed by atoms with Gasteiger partial charge in [-0.2, -0.15) is 0 Å². The maximum atomic E-state index is 12.0. The number of amides is 1. The zero-order chi connectivity index (χ0) is 16.1. The SMILES string of the molecule is O=C(C=Cc1ccccc1Cl)Nc1nc(-c2ccccc2)cs1. The highest BCUT2D eigenvalue weighted by Crippen LogP contribution is 2.24. The van der Waals surface area contributed by atoms with Crippen LogP contribution >= 0.6 is 22.9 Å². The summed E-state index contributed by atoms with van der Waals surface area (Å²) >= 11 is 7.44. The van der Waals surface area contributed by atoms with Gasteiger partial charge in [-0.15, -0.1) is 11.3 Å². The van der Waals surface area contributed by atoms with Gasteiger partial charge in [0.25, 0.3) is 0 Å². The number of thiazole rings is 1. The third-order valence-electron chi connectivity index (χ3n) is 3.12. The summed E-state index contributed by atoms with van der Waals surface area (Å²) in [5.41, 5.74) is 2.67. The second-order valence-electron chi connectivity index (χ2n) is 4.75. The summed E-state index contributed by atoms with van der Waals surface area (Å²) in [6, 6.07) is 17.2. The molecule has 1 heterocycles. The number of benzene rings is 2. The minimum Gasteiger partial charge on any atom is -0.298 e. The first kappa shape index (κ1) is 15.5. The maximum absolute atomic E-state index is 12.0. The molecule has 0 spiro atoms. The Morgan fingerprint density at radius 2 is 1.83 bits per heavy atom. The molecule has 0 aliphatic carbocycles. The van der Waals surface area contributed by atoms with Crippen molar-refractivity contribution >= 4 is 40.1 Å². The molecule has 1 amide bonds. The second kappa shape index (κ2) is 7.22. The van der Waals surface area contributed by atoms with Crippen molar-refractivity contribution < 1.29 is 4.79 Å².